The van der Waals surface area contributed by atoms with E-state index >= 15 is 0 Å². The molecular weight excluding hydrogens is 254 g/mol. The number of pyridine rings is 1. The van der Waals surface area contributed by atoms with Gasteiger partial charge in [0.25, 0.3) is 0 Å². The number of fused-ring (bicyclic) bond motifs is 1. The first-order valence-corrected chi connectivity index (χ1v) is 7.17. The first-order valence-electron chi connectivity index (χ1n) is 6.39. The zero-order valence-corrected chi connectivity index (χ0v) is 11.6. The smallest absolute Gasteiger partial charge is 0.117 e. The van der Waals surface area contributed by atoms with Gasteiger partial charge >= 0.3 is 0 Å². The van der Waals surface area contributed by atoms with Gasteiger partial charge in [0.05, 0.1) is 17.8 Å². The minimum absolute atomic E-state index is 0.746. The molecule has 3 nitrogen and oxygen atoms in total. The Morgan fingerprint density at radius 2 is 2.05 bits per heavy atom. The molecule has 3 rings (SSSR count). The first kappa shape index (κ1) is 12.1. The van der Waals surface area contributed by atoms with E-state index in [1.165, 1.54) is 22.5 Å². The number of hydrogen-bond acceptors (Lipinski definition) is 4. The van der Waals surface area contributed by atoms with Crippen LogP contribution in [0.5, 0.6) is 0 Å². The molecule has 0 aliphatic rings. The van der Waals surface area contributed by atoms with Crippen LogP contribution < -0.4 is 5.32 Å². The maximum Gasteiger partial charge on any atom is 0.117 e. The van der Waals surface area contributed by atoms with E-state index in [9.17, 15) is 0 Å². The number of aryl methyl sites for hydroxylation is 1. The van der Waals surface area contributed by atoms with Gasteiger partial charge in [-0.25, -0.2) is 0 Å². The van der Waals surface area contributed by atoms with Gasteiger partial charge in [-0.05, 0) is 41.7 Å². The summed E-state index contributed by atoms with van der Waals surface area (Å²) in [6.07, 6.45) is 2.86. The summed E-state index contributed by atoms with van der Waals surface area (Å²) in [5, 5.41) is 5.75. The molecule has 0 unspecified atom stereocenters. The molecule has 0 spiro atoms. The van der Waals surface area contributed by atoms with Gasteiger partial charge in [-0.1, -0.05) is 25.1 Å². The van der Waals surface area contributed by atoms with Crippen LogP contribution in [0.2, 0.25) is 0 Å². The van der Waals surface area contributed by atoms with E-state index in [0.29, 0.717) is 0 Å². The van der Waals surface area contributed by atoms with Gasteiger partial charge < -0.3 is 5.32 Å². The molecule has 96 valence electrons. The van der Waals surface area contributed by atoms with Crippen molar-refractivity contribution in [2.75, 3.05) is 5.32 Å². The van der Waals surface area contributed by atoms with Crippen molar-refractivity contribution in [3.63, 3.8) is 0 Å². The Bertz CT molecular complexity index is 690. The minimum atomic E-state index is 0.746. The van der Waals surface area contributed by atoms with Gasteiger partial charge in [0.2, 0.25) is 0 Å². The molecular formula is C15H15N3S. The van der Waals surface area contributed by atoms with Crippen LogP contribution in [0.4, 0.5) is 5.00 Å². The largest absolute Gasteiger partial charge is 0.369 e. The van der Waals surface area contributed by atoms with Crippen LogP contribution in [0, 0.1) is 0 Å². The van der Waals surface area contributed by atoms with Crippen LogP contribution in [0.3, 0.4) is 0 Å². The SMILES string of the molecule is CCc1cccnc1CNc1snc2ccccc12. The predicted molar refractivity (Wildman–Crippen MR) is 80.6 cm³/mol. The standard InChI is InChI=1S/C15H15N3S/c1-2-11-6-5-9-16-14(11)10-17-15-12-7-3-4-8-13(12)18-19-15/h3-9,17H,2,10H2,1H3. The summed E-state index contributed by atoms with van der Waals surface area (Å²) in [6, 6.07) is 12.3. The van der Waals surface area contributed by atoms with Crippen LogP contribution >= 0.6 is 11.5 Å². The van der Waals surface area contributed by atoms with Crippen molar-refractivity contribution in [2.45, 2.75) is 19.9 Å². The molecule has 0 atom stereocenters. The number of rotatable bonds is 4. The van der Waals surface area contributed by atoms with E-state index in [4.69, 9.17) is 0 Å². The summed E-state index contributed by atoms with van der Waals surface area (Å²) >= 11 is 1.51. The Labute approximate surface area is 116 Å². The predicted octanol–water partition coefficient (Wildman–Crippen LogP) is 3.87. The lowest BCUT2D eigenvalue weighted by Crippen LogP contribution is -2.03. The fourth-order valence-electron chi connectivity index (χ4n) is 2.13. The average Bonchev–Trinajstić information content (AvgIpc) is 2.89. The van der Waals surface area contributed by atoms with Crippen molar-refractivity contribution >= 4 is 27.4 Å². The van der Waals surface area contributed by atoms with Crippen molar-refractivity contribution < 1.29 is 0 Å². The van der Waals surface area contributed by atoms with Crippen LogP contribution in [0.25, 0.3) is 10.9 Å². The molecule has 1 aromatic carbocycles. The molecule has 0 aliphatic carbocycles. The monoisotopic (exact) mass is 269 g/mol. The second-order valence-electron chi connectivity index (χ2n) is 4.35. The van der Waals surface area contributed by atoms with Crippen molar-refractivity contribution in [3.8, 4) is 0 Å². The van der Waals surface area contributed by atoms with Gasteiger partial charge in [0.15, 0.2) is 0 Å². The van der Waals surface area contributed by atoms with Gasteiger partial charge in [0, 0.05) is 11.6 Å². The van der Waals surface area contributed by atoms with Crippen molar-refractivity contribution in [2.24, 2.45) is 0 Å². The number of nitrogens with zero attached hydrogens (tertiary/aromatic N) is 2. The Hall–Kier alpha value is -1.94. The van der Waals surface area contributed by atoms with E-state index in [0.717, 1.165) is 29.2 Å². The fourth-order valence-corrected chi connectivity index (χ4v) is 2.89. The zero-order chi connectivity index (χ0) is 13.1. The Balaban J connectivity index is 1.82. The minimum Gasteiger partial charge on any atom is -0.369 e. The van der Waals surface area contributed by atoms with Gasteiger partial charge in [-0.3, -0.25) is 4.98 Å². The summed E-state index contributed by atoms with van der Waals surface area (Å²) < 4.78 is 4.43. The summed E-state index contributed by atoms with van der Waals surface area (Å²) in [5.41, 5.74) is 3.46. The fraction of sp³-hybridized carbons (Fsp3) is 0.200. The first-order chi connectivity index (χ1) is 9.38. The summed E-state index contributed by atoms with van der Waals surface area (Å²) in [7, 11) is 0. The van der Waals surface area contributed by atoms with Gasteiger partial charge in [-0.2, -0.15) is 4.37 Å². The topological polar surface area (TPSA) is 37.8 Å². The molecule has 0 radical (unpaired) electrons. The number of nitrogens with one attached hydrogen (secondary N) is 1. The maximum atomic E-state index is 4.45. The Morgan fingerprint density at radius 1 is 1.16 bits per heavy atom. The molecule has 0 fully saturated rings. The van der Waals surface area contributed by atoms with Crippen molar-refractivity contribution in [3.05, 3.63) is 53.9 Å². The normalized spacial score (nSPS) is 10.8. The molecule has 2 aromatic heterocycles. The Morgan fingerprint density at radius 3 is 2.95 bits per heavy atom. The van der Waals surface area contributed by atoms with Crippen LogP contribution in [0.15, 0.2) is 42.6 Å². The highest BCUT2D eigenvalue weighted by Gasteiger charge is 2.06. The lowest BCUT2D eigenvalue weighted by Gasteiger charge is -2.07. The quantitative estimate of drug-likeness (QED) is 0.781. The molecule has 0 saturated heterocycles. The van der Waals surface area contributed by atoms with Crippen LogP contribution in [-0.4, -0.2) is 9.36 Å². The summed E-state index contributed by atoms with van der Waals surface area (Å²) in [6.45, 7) is 2.90. The lowest BCUT2D eigenvalue weighted by molar-refractivity contribution is 0.975. The molecule has 2 heterocycles. The van der Waals surface area contributed by atoms with Crippen LogP contribution in [0.1, 0.15) is 18.2 Å². The molecule has 0 saturated carbocycles. The maximum absolute atomic E-state index is 4.45. The van der Waals surface area contributed by atoms with Gasteiger partial charge in [0.1, 0.15) is 5.00 Å². The summed E-state index contributed by atoms with van der Waals surface area (Å²) in [4.78, 5) is 4.45. The second-order valence-corrected chi connectivity index (χ2v) is 5.12. The van der Waals surface area contributed by atoms with E-state index in [1.54, 1.807) is 0 Å². The number of aromatic nitrogens is 2. The van der Waals surface area contributed by atoms with E-state index in [1.807, 2.05) is 30.5 Å². The highest BCUT2D eigenvalue weighted by atomic mass is 32.1. The third-order valence-corrected chi connectivity index (χ3v) is 4.00. The second kappa shape index (κ2) is 5.36. The van der Waals surface area contributed by atoms with Crippen molar-refractivity contribution in [1.29, 1.82) is 0 Å². The highest BCUT2D eigenvalue weighted by molar-refractivity contribution is 7.11. The molecule has 19 heavy (non-hydrogen) atoms. The molecule has 3 aromatic rings. The average molecular weight is 269 g/mol. The molecule has 1 N–H and O–H groups in total. The number of hydrogen-bond donors (Lipinski definition) is 1. The van der Waals surface area contributed by atoms with E-state index in [-0.39, 0.29) is 0 Å². The molecule has 0 aliphatic heterocycles. The van der Waals surface area contributed by atoms with Crippen molar-refractivity contribution in [1.82, 2.24) is 9.36 Å². The van der Waals surface area contributed by atoms with Crippen LogP contribution in [-0.2, 0) is 13.0 Å². The number of benzene rings is 1. The molecule has 0 bridgehead atoms. The summed E-state index contributed by atoms with van der Waals surface area (Å²) in [5.74, 6) is 0. The Kier molecular flexibility index (Phi) is 3.42. The third kappa shape index (κ3) is 2.44. The zero-order valence-electron chi connectivity index (χ0n) is 10.8. The third-order valence-electron chi connectivity index (χ3n) is 3.17. The number of anilines is 1. The van der Waals surface area contributed by atoms with Gasteiger partial charge in [-0.15, -0.1) is 0 Å². The highest BCUT2D eigenvalue weighted by Crippen LogP contribution is 2.27. The molecule has 0 amide bonds. The lowest BCUT2D eigenvalue weighted by atomic mass is 10.1. The molecule has 4 heteroatoms. The van der Waals surface area contributed by atoms with E-state index < -0.39 is 0 Å². The van der Waals surface area contributed by atoms with E-state index in [2.05, 4.69) is 33.7 Å².